The zero-order chi connectivity index (χ0) is 29.1. The Hall–Kier alpha value is -4.10. The van der Waals surface area contributed by atoms with Crippen LogP contribution in [-0.4, -0.2) is 83.7 Å². The normalized spacial score (nSPS) is 19.3. The van der Waals surface area contributed by atoms with Crippen molar-refractivity contribution in [2.24, 2.45) is 0 Å². The first-order valence-corrected chi connectivity index (χ1v) is 13.8. The number of anilines is 2. The molecule has 3 N–H and O–H groups in total. The van der Waals surface area contributed by atoms with E-state index < -0.39 is 18.4 Å². The summed E-state index contributed by atoms with van der Waals surface area (Å²) >= 11 is 0. The number of aromatic nitrogens is 3. The van der Waals surface area contributed by atoms with Gasteiger partial charge in [0.1, 0.15) is 12.4 Å². The first-order valence-electron chi connectivity index (χ1n) is 13.8. The van der Waals surface area contributed by atoms with Crippen LogP contribution in [0, 0.1) is 11.6 Å². The number of pyridine rings is 3. The minimum Gasteiger partial charge on any atom is -0.386 e. The first kappa shape index (κ1) is 26.8. The van der Waals surface area contributed by atoms with Gasteiger partial charge in [0.05, 0.1) is 53.0 Å². The fourth-order valence-corrected chi connectivity index (χ4v) is 6.38. The van der Waals surface area contributed by atoms with E-state index in [0.29, 0.717) is 69.8 Å². The van der Waals surface area contributed by atoms with Crippen LogP contribution in [0.2, 0.25) is 0 Å². The molecule has 7 rings (SSSR count). The number of halogens is 2. The lowest BCUT2D eigenvalue weighted by Gasteiger charge is -2.33. The Kier molecular flexibility index (Phi) is 6.58. The molecule has 2 aliphatic rings. The molecule has 12 heteroatoms. The Morgan fingerprint density at radius 2 is 2.05 bits per heavy atom. The van der Waals surface area contributed by atoms with Crippen molar-refractivity contribution in [2.45, 2.75) is 18.8 Å². The molecule has 218 valence electrons. The van der Waals surface area contributed by atoms with Crippen LogP contribution in [0.5, 0.6) is 0 Å². The number of hydrogen-bond acceptors (Lipinski definition) is 8. The summed E-state index contributed by atoms with van der Waals surface area (Å²) in [7, 11) is 3.73. The van der Waals surface area contributed by atoms with Crippen molar-refractivity contribution in [3.63, 3.8) is 0 Å². The number of nitrogens with one attached hydrogen (secondary N) is 2. The van der Waals surface area contributed by atoms with Crippen molar-refractivity contribution in [1.82, 2.24) is 19.3 Å². The fraction of sp³-hybridized carbons (Fsp3) is 0.333. The molecule has 42 heavy (non-hydrogen) atoms. The average molecular weight is 577 g/mol. The van der Waals surface area contributed by atoms with E-state index >= 15 is 4.39 Å². The molecular weight excluding hydrogens is 546 g/mol. The summed E-state index contributed by atoms with van der Waals surface area (Å²) in [4.78, 5) is 25.6. The van der Waals surface area contributed by atoms with Crippen LogP contribution in [0.1, 0.15) is 5.56 Å². The van der Waals surface area contributed by atoms with E-state index in [0.717, 1.165) is 12.6 Å². The van der Waals surface area contributed by atoms with Gasteiger partial charge in [-0.1, -0.05) is 6.07 Å². The third kappa shape index (κ3) is 4.13. The third-order valence-electron chi connectivity index (χ3n) is 8.52. The topological polar surface area (TPSA) is 107 Å². The van der Waals surface area contributed by atoms with Gasteiger partial charge in [0.2, 0.25) is 0 Å². The summed E-state index contributed by atoms with van der Waals surface area (Å²) in [6.45, 7) is 2.08. The standard InChI is InChI=1S/C30H30F2N6O4/c1-33-21-9-20(31)26(32)24-25-28(37-12-22-23(13-37)42-8-7-36(22)2)19(10-34-29(25)35-27(21)24)16-3-5-18-6-4-17(14-41-15-39)30(40)38(18)11-16/h3-6,9-11,22-23,33,39H,7-8,12-15H2,1-2H3,(H,34,35)/t22-,23+/m0/s1. The van der Waals surface area contributed by atoms with E-state index in [1.165, 1.54) is 4.40 Å². The van der Waals surface area contributed by atoms with Gasteiger partial charge < -0.3 is 29.8 Å². The molecule has 1 aromatic carbocycles. The molecule has 0 aliphatic carbocycles. The summed E-state index contributed by atoms with van der Waals surface area (Å²) in [5.41, 5.74) is 4.10. The molecule has 4 aromatic heterocycles. The average Bonchev–Trinajstić information content (AvgIpc) is 3.61. The number of aliphatic hydroxyl groups is 1. The Morgan fingerprint density at radius 3 is 2.83 bits per heavy atom. The maximum absolute atomic E-state index is 15.7. The quantitative estimate of drug-likeness (QED) is 0.265. The van der Waals surface area contributed by atoms with Gasteiger partial charge >= 0.3 is 0 Å². The third-order valence-corrected chi connectivity index (χ3v) is 8.52. The number of aliphatic hydroxyl groups excluding tert-OH is 1. The van der Waals surface area contributed by atoms with Crippen LogP contribution in [0.25, 0.3) is 38.6 Å². The van der Waals surface area contributed by atoms with Crippen molar-refractivity contribution in [2.75, 3.05) is 57.3 Å². The van der Waals surface area contributed by atoms with E-state index in [-0.39, 0.29) is 29.7 Å². The molecule has 0 saturated carbocycles. The molecule has 6 heterocycles. The summed E-state index contributed by atoms with van der Waals surface area (Å²) in [6, 6.07) is 8.46. The maximum atomic E-state index is 15.7. The molecule has 2 aliphatic heterocycles. The summed E-state index contributed by atoms with van der Waals surface area (Å²) < 4.78 is 43.3. The number of H-pyrrole nitrogens is 1. The Balaban J connectivity index is 1.50. The van der Waals surface area contributed by atoms with Crippen molar-refractivity contribution < 1.29 is 23.4 Å². The Labute approximate surface area is 239 Å². The molecule has 0 amide bonds. The van der Waals surface area contributed by atoms with Crippen LogP contribution in [0.3, 0.4) is 0 Å². The van der Waals surface area contributed by atoms with Crippen molar-refractivity contribution in [3.8, 4) is 11.1 Å². The van der Waals surface area contributed by atoms with Gasteiger partial charge in [0, 0.05) is 67.3 Å². The predicted octanol–water partition coefficient (Wildman–Crippen LogP) is 3.30. The molecule has 0 unspecified atom stereocenters. The lowest BCUT2D eigenvalue weighted by molar-refractivity contribution is -0.0362. The van der Waals surface area contributed by atoms with Crippen LogP contribution in [0.15, 0.2) is 47.5 Å². The smallest absolute Gasteiger partial charge is 0.260 e. The minimum atomic E-state index is -0.961. The van der Waals surface area contributed by atoms with Gasteiger partial charge in [-0.3, -0.25) is 14.1 Å². The molecule has 2 saturated heterocycles. The lowest BCUT2D eigenvalue weighted by atomic mass is 10.0. The van der Waals surface area contributed by atoms with Crippen LogP contribution in [-0.2, 0) is 16.1 Å². The van der Waals surface area contributed by atoms with Gasteiger partial charge in [-0.25, -0.2) is 13.8 Å². The number of fused-ring (bicyclic) bond motifs is 5. The van der Waals surface area contributed by atoms with Crippen molar-refractivity contribution in [1.29, 1.82) is 0 Å². The van der Waals surface area contributed by atoms with Crippen LogP contribution >= 0.6 is 0 Å². The molecule has 5 aromatic rings. The lowest BCUT2D eigenvalue weighted by Crippen LogP contribution is -2.48. The molecule has 0 bridgehead atoms. The Morgan fingerprint density at radius 1 is 1.21 bits per heavy atom. The molecule has 2 fully saturated rings. The Bertz CT molecular complexity index is 1910. The van der Waals surface area contributed by atoms with E-state index in [2.05, 4.69) is 32.1 Å². The molecular formula is C30H30F2N6O4. The highest BCUT2D eigenvalue weighted by molar-refractivity contribution is 6.18. The highest BCUT2D eigenvalue weighted by Crippen LogP contribution is 2.44. The van der Waals surface area contributed by atoms with Crippen molar-refractivity contribution >= 4 is 38.8 Å². The number of morpholine rings is 1. The highest BCUT2D eigenvalue weighted by atomic mass is 19.2. The summed E-state index contributed by atoms with van der Waals surface area (Å²) in [5.74, 6) is -1.92. The first-order chi connectivity index (χ1) is 20.4. The van der Waals surface area contributed by atoms with E-state index in [9.17, 15) is 9.18 Å². The largest absolute Gasteiger partial charge is 0.386 e. The number of likely N-dealkylation sites (N-methyl/N-ethyl adjacent to an activating group) is 1. The van der Waals surface area contributed by atoms with E-state index in [4.69, 9.17) is 14.6 Å². The zero-order valence-electron chi connectivity index (χ0n) is 23.2. The molecule has 2 atom stereocenters. The van der Waals surface area contributed by atoms with Gasteiger partial charge in [-0.2, -0.15) is 0 Å². The zero-order valence-corrected chi connectivity index (χ0v) is 23.2. The minimum absolute atomic E-state index is 0.0285. The second-order valence-electron chi connectivity index (χ2n) is 10.8. The fourth-order valence-electron chi connectivity index (χ4n) is 6.38. The summed E-state index contributed by atoms with van der Waals surface area (Å²) in [6.07, 6.45) is 3.38. The van der Waals surface area contributed by atoms with Gasteiger partial charge in [-0.15, -0.1) is 0 Å². The number of benzene rings is 1. The second kappa shape index (κ2) is 10.3. The van der Waals surface area contributed by atoms with Crippen LogP contribution in [0.4, 0.5) is 20.2 Å². The monoisotopic (exact) mass is 576 g/mol. The molecule has 0 radical (unpaired) electrons. The highest BCUT2D eigenvalue weighted by Gasteiger charge is 2.40. The number of nitrogens with zero attached hydrogens (tertiary/aromatic N) is 4. The summed E-state index contributed by atoms with van der Waals surface area (Å²) in [5, 5.41) is 12.6. The number of rotatable bonds is 6. The van der Waals surface area contributed by atoms with Crippen LogP contribution < -0.4 is 15.8 Å². The number of hydrogen-bond donors (Lipinski definition) is 3. The predicted molar refractivity (Wildman–Crippen MR) is 156 cm³/mol. The van der Waals surface area contributed by atoms with Gasteiger partial charge in [-0.05, 0) is 25.2 Å². The second-order valence-corrected chi connectivity index (χ2v) is 10.8. The number of aromatic amines is 1. The van der Waals surface area contributed by atoms with E-state index in [1.807, 2.05) is 12.1 Å². The maximum Gasteiger partial charge on any atom is 0.260 e. The van der Waals surface area contributed by atoms with Gasteiger partial charge in [0.15, 0.2) is 11.6 Å². The van der Waals surface area contributed by atoms with E-state index in [1.54, 1.807) is 31.6 Å². The van der Waals surface area contributed by atoms with Gasteiger partial charge in [0.25, 0.3) is 5.56 Å². The SMILES string of the molecule is CNc1cc(F)c(F)c2c1[nH]c1ncc(-c3ccc4ccc(COCO)c(=O)n4c3)c(N3C[C@H]4OCCN(C)[C@H]4C3)c12. The number of ether oxygens (including phenoxy) is 2. The van der Waals surface area contributed by atoms with Crippen molar-refractivity contribution in [3.05, 3.63) is 70.3 Å². The molecule has 0 spiro atoms. The molecule has 10 nitrogen and oxygen atoms in total.